The minimum absolute atomic E-state index is 0.123. The molecule has 5 N–H and O–H groups in total. The summed E-state index contributed by atoms with van der Waals surface area (Å²) < 4.78 is 0. The van der Waals surface area contributed by atoms with Gasteiger partial charge in [-0.2, -0.15) is 15.0 Å². The number of rotatable bonds is 1. The summed E-state index contributed by atoms with van der Waals surface area (Å²) in [5.74, 6) is 0.725. The van der Waals surface area contributed by atoms with Crippen molar-refractivity contribution in [2.75, 3.05) is 11.5 Å². The molecule has 17 heavy (non-hydrogen) atoms. The molecule has 3 aromatic rings. The molecule has 3 rings (SSSR count). The van der Waals surface area contributed by atoms with E-state index in [0.29, 0.717) is 5.82 Å². The summed E-state index contributed by atoms with van der Waals surface area (Å²) in [7, 11) is 0. The Kier molecular flexibility index (Phi) is 1.94. The average Bonchev–Trinajstić information content (AvgIpc) is 2.71. The number of para-hydroxylation sites is 1. The largest absolute Gasteiger partial charge is 0.368 e. The number of anilines is 2. The van der Waals surface area contributed by atoms with Gasteiger partial charge >= 0.3 is 0 Å². The number of hydrogen-bond donors (Lipinski definition) is 3. The van der Waals surface area contributed by atoms with Crippen LogP contribution in [-0.2, 0) is 0 Å². The Morgan fingerprint density at radius 2 is 1.65 bits per heavy atom. The monoisotopic (exact) mass is 226 g/mol. The second-order valence-electron chi connectivity index (χ2n) is 3.62. The van der Waals surface area contributed by atoms with E-state index in [1.54, 1.807) is 0 Å². The van der Waals surface area contributed by atoms with Gasteiger partial charge in [0.15, 0.2) is 5.82 Å². The summed E-state index contributed by atoms with van der Waals surface area (Å²) in [6, 6.07) is 7.87. The zero-order chi connectivity index (χ0) is 11.8. The van der Waals surface area contributed by atoms with Gasteiger partial charge in [-0.25, -0.2) is 0 Å². The van der Waals surface area contributed by atoms with Gasteiger partial charge in [0.25, 0.3) is 0 Å². The molecule has 0 spiro atoms. The van der Waals surface area contributed by atoms with E-state index in [1.807, 2.05) is 30.5 Å². The molecular formula is C11H10N6. The Morgan fingerprint density at radius 1 is 0.941 bits per heavy atom. The quantitative estimate of drug-likeness (QED) is 0.577. The normalized spacial score (nSPS) is 10.8. The molecule has 0 bridgehead atoms. The smallest absolute Gasteiger partial charge is 0.225 e. The Balaban J connectivity index is 2.27. The Bertz CT molecular complexity index is 667. The topological polar surface area (TPSA) is 106 Å². The van der Waals surface area contributed by atoms with Crippen molar-refractivity contribution in [3.05, 3.63) is 30.5 Å². The van der Waals surface area contributed by atoms with Crippen LogP contribution in [0.25, 0.3) is 22.3 Å². The van der Waals surface area contributed by atoms with Gasteiger partial charge in [-0.05, 0) is 6.07 Å². The SMILES string of the molecule is Nc1nc(N)nc(-c2c[nH]c3ccccc23)n1. The third-order valence-corrected chi connectivity index (χ3v) is 2.50. The zero-order valence-electron chi connectivity index (χ0n) is 8.88. The van der Waals surface area contributed by atoms with Crippen LogP contribution in [0.5, 0.6) is 0 Å². The molecule has 84 valence electrons. The van der Waals surface area contributed by atoms with Gasteiger partial charge in [-0.3, -0.25) is 0 Å². The summed E-state index contributed by atoms with van der Waals surface area (Å²) in [4.78, 5) is 15.1. The highest BCUT2D eigenvalue weighted by molar-refractivity contribution is 5.93. The number of nitrogens with one attached hydrogen (secondary N) is 1. The van der Waals surface area contributed by atoms with Crippen molar-refractivity contribution in [1.82, 2.24) is 19.9 Å². The van der Waals surface area contributed by atoms with Gasteiger partial charge in [-0.1, -0.05) is 18.2 Å². The molecule has 0 saturated carbocycles. The maximum atomic E-state index is 5.56. The van der Waals surface area contributed by atoms with E-state index in [-0.39, 0.29) is 11.9 Å². The lowest BCUT2D eigenvalue weighted by atomic mass is 10.1. The lowest BCUT2D eigenvalue weighted by Crippen LogP contribution is -2.03. The molecule has 0 atom stereocenters. The number of aromatic nitrogens is 4. The first-order valence-corrected chi connectivity index (χ1v) is 5.07. The number of nitrogens with two attached hydrogens (primary N) is 2. The summed E-state index contributed by atoms with van der Waals surface area (Å²) in [5.41, 5.74) is 13.0. The molecule has 0 aliphatic heterocycles. The highest BCUT2D eigenvalue weighted by Crippen LogP contribution is 2.26. The van der Waals surface area contributed by atoms with Crippen molar-refractivity contribution in [2.24, 2.45) is 0 Å². The Labute approximate surface area is 96.7 Å². The fraction of sp³-hybridized carbons (Fsp3) is 0. The molecule has 0 aliphatic carbocycles. The number of H-pyrrole nitrogens is 1. The number of nitrogen functional groups attached to an aromatic ring is 2. The van der Waals surface area contributed by atoms with Crippen molar-refractivity contribution >= 4 is 22.8 Å². The van der Waals surface area contributed by atoms with Gasteiger partial charge in [0.05, 0.1) is 0 Å². The first-order chi connectivity index (χ1) is 8.24. The molecule has 0 fully saturated rings. The van der Waals surface area contributed by atoms with Crippen molar-refractivity contribution in [1.29, 1.82) is 0 Å². The third-order valence-electron chi connectivity index (χ3n) is 2.50. The van der Waals surface area contributed by atoms with Gasteiger partial charge in [0, 0.05) is 22.7 Å². The molecule has 1 aromatic carbocycles. The van der Waals surface area contributed by atoms with E-state index in [0.717, 1.165) is 16.5 Å². The van der Waals surface area contributed by atoms with Gasteiger partial charge < -0.3 is 16.5 Å². The Morgan fingerprint density at radius 3 is 2.41 bits per heavy atom. The molecule has 0 amide bonds. The molecular weight excluding hydrogens is 216 g/mol. The van der Waals surface area contributed by atoms with Crippen LogP contribution in [0.3, 0.4) is 0 Å². The number of benzene rings is 1. The van der Waals surface area contributed by atoms with Crippen molar-refractivity contribution in [3.63, 3.8) is 0 Å². The minimum Gasteiger partial charge on any atom is -0.368 e. The van der Waals surface area contributed by atoms with Crippen LogP contribution >= 0.6 is 0 Å². The lowest BCUT2D eigenvalue weighted by Gasteiger charge is -2.00. The molecule has 0 radical (unpaired) electrons. The Hall–Kier alpha value is -2.63. The molecule has 6 heteroatoms. The molecule has 2 aromatic heterocycles. The molecule has 0 saturated heterocycles. The first kappa shape index (κ1) is 9.59. The minimum atomic E-state index is 0.123. The van der Waals surface area contributed by atoms with E-state index < -0.39 is 0 Å². The van der Waals surface area contributed by atoms with E-state index in [2.05, 4.69) is 19.9 Å². The summed E-state index contributed by atoms with van der Waals surface area (Å²) in [6.07, 6.45) is 1.83. The van der Waals surface area contributed by atoms with E-state index in [4.69, 9.17) is 11.5 Å². The lowest BCUT2D eigenvalue weighted by molar-refractivity contribution is 1.09. The van der Waals surface area contributed by atoms with Crippen LogP contribution in [0.15, 0.2) is 30.5 Å². The third kappa shape index (κ3) is 1.55. The fourth-order valence-corrected chi connectivity index (χ4v) is 1.79. The van der Waals surface area contributed by atoms with Gasteiger partial charge in [0.2, 0.25) is 11.9 Å². The molecule has 6 nitrogen and oxygen atoms in total. The van der Waals surface area contributed by atoms with Gasteiger partial charge in [0.1, 0.15) is 0 Å². The summed E-state index contributed by atoms with van der Waals surface area (Å²) in [6.45, 7) is 0. The second-order valence-corrected chi connectivity index (χ2v) is 3.62. The van der Waals surface area contributed by atoms with Crippen molar-refractivity contribution in [2.45, 2.75) is 0 Å². The van der Waals surface area contributed by atoms with Crippen LogP contribution in [0.2, 0.25) is 0 Å². The van der Waals surface area contributed by atoms with Crippen LogP contribution in [0.1, 0.15) is 0 Å². The van der Waals surface area contributed by atoms with Crippen molar-refractivity contribution in [3.8, 4) is 11.4 Å². The maximum Gasteiger partial charge on any atom is 0.225 e. The number of aromatic amines is 1. The van der Waals surface area contributed by atoms with Crippen LogP contribution < -0.4 is 11.5 Å². The van der Waals surface area contributed by atoms with Crippen LogP contribution in [0, 0.1) is 0 Å². The number of hydrogen-bond acceptors (Lipinski definition) is 5. The van der Waals surface area contributed by atoms with E-state index >= 15 is 0 Å². The molecule has 0 unspecified atom stereocenters. The summed E-state index contributed by atoms with van der Waals surface area (Å²) in [5, 5.41) is 1.03. The second kappa shape index (κ2) is 3.44. The number of nitrogens with zero attached hydrogens (tertiary/aromatic N) is 3. The highest BCUT2D eigenvalue weighted by atomic mass is 15.1. The molecule has 2 heterocycles. The van der Waals surface area contributed by atoms with Crippen LogP contribution in [-0.4, -0.2) is 19.9 Å². The predicted octanol–water partition coefficient (Wildman–Crippen LogP) is 1.18. The van der Waals surface area contributed by atoms with Gasteiger partial charge in [-0.15, -0.1) is 0 Å². The van der Waals surface area contributed by atoms with E-state index in [1.165, 1.54) is 0 Å². The fourth-order valence-electron chi connectivity index (χ4n) is 1.79. The van der Waals surface area contributed by atoms with Crippen LogP contribution in [0.4, 0.5) is 11.9 Å². The number of fused-ring (bicyclic) bond motifs is 1. The standard InChI is InChI=1S/C11H10N6/c12-10-15-9(16-11(13)17-10)7-5-14-8-4-2-1-3-6(7)8/h1-5,14H,(H4,12,13,15,16,17). The maximum absolute atomic E-state index is 5.56. The predicted molar refractivity (Wildman–Crippen MR) is 65.9 cm³/mol. The van der Waals surface area contributed by atoms with E-state index in [9.17, 15) is 0 Å². The average molecular weight is 226 g/mol. The van der Waals surface area contributed by atoms with Crippen molar-refractivity contribution < 1.29 is 0 Å². The zero-order valence-corrected chi connectivity index (χ0v) is 8.88. The summed E-state index contributed by atoms with van der Waals surface area (Å²) >= 11 is 0. The first-order valence-electron chi connectivity index (χ1n) is 5.07. The highest BCUT2D eigenvalue weighted by Gasteiger charge is 2.10. The molecule has 0 aliphatic rings.